The van der Waals surface area contributed by atoms with Crippen molar-refractivity contribution in [2.45, 2.75) is 44.6 Å². The molecule has 3 aromatic carbocycles. The van der Waals surface area contributed by atoms with Crippen molar-refractivity contribution in [1.29, 1.82) is 0 Å². The van der Waals surface area contributed by atoms with Crippen LogP contribution < -0.4 is 9.47 Å². The molecular weight excluding hydrogens is 500 g/mol. The molecule has 38 heavy (non-hydrogen) atoms. The van der Waals surface area contributed by atoms with Crippen LogP contribution in [0, 0.1) is 23.3 Å². The average molecular weight is 529 g/mol. The molecule has 0 spiro atoms. The first kappa shape index (κ1) is 27.2. The van der Waals surface area contributed by atoms with E-state index in [0.717, 1.165) is 12.1 Å². The zero-order chi connectivity index (χ0) is 27.2. The normalized spacial score (nSPS) is 17.1. The third-order valence-electron chi connectivity index (χ3n) is 6.60. The molecule has 200 valence electrons. The number of ether oxygens (including phenoxy) is 3. The summed E-state index contributed by atoms with van der Waals surface area (Å²) in [5.41, 5.74) is 0.432. The lowest BCUT2D eigenvalue weighted by molar-refractivity contribution is 0.0188. The van der Waals surface area contributed by atoms with Crippen molar-refractivity contribution in [3.63, 3.8) is 0 Å². The molecular formula is C30H28F4O4. The lowest BCUT2D eigenvalue weighted by Gasteiger charge is -2.29. The van der Waals surface area contributed by atoms with Crippen LogP contribution in [0.4, 0.5) is 17.6 Å². The van der Waals surface area contributed by atoms with Gasteiger partial charge in [0.2, 0.25) is 5.82 Å². The van der Waals surface area contributed by atoms with Gasteiger partial charge in [0.1, 0.15) is 18.5 Å². The minimum Gasteiger partial charge on any atom is -0.494 e. The van der Waals surface area contributed by atoms with Gasteiger partial charge in [0, 0.05) is 5.56 Å². The molecule has 8 heteroatoms. The van der Waals surface area contributed by atoms with Gasteiger partial charge < -0.3 is 14.2 Å². The Balaban J connectivity index is 1.39. The second-order valence-electron chi connectivity index (χ2n) is 9.01. The maximum atomic E-state index is 15.1. The van der Waals surface area contributed by atoms with E-state index in [-0.39, 0.29) is 29.4 Å². The fraction of sp³-hybridized carbons (Fsp3) is 0.300. The summed E-state index contributed by atoms with van der Waals surface area (Å²) >= 11 is 0. The van der Waals surface area contributed by atoms with Gasteiger partial charge >= 0.3 is 5.97 Å². The van der Waals surface area contributed by atoms with Crippen molar-refractivity contribution in [1.82, 2.24) is 0 Å². The van der Waals surface area contributed by atoms with Crippen LogP contribution in [0.15, 0.2) is 61.2 Å². The predicted octanol–water partition coefficient (Wildman–Crippen LogP) is 7.76. The van der Waals surface area contributed by atoms with Crippen LogP contribution in [0.25, 0.3) is 11.1 Å². The number of carbonyl (C=O) groups excluding carboxylic acids is 1. The Morgan fingerprint density at radius 1 is 0.868 bits per heavy atom. The average Bonchev–Trinajstić information content (AvgIpc) is 2.92. The largest absolute Gasteiger partial charge is 0.494 e. The van der Waals surface area contributed by atoms with Gasteiger partial charge in [0.05, 0.1) is 12.2 Å². The Kier molecular flexibility index (Phi) is 8.71. The van der Waals surface area contributed by atoms with E-state index in [2.05, 4.69) is 6.58 Å². The van der Waals surface area contributed by atoms with E-state index in [9.17, 15) is 18.0 Å². The van der Waals surface area contributed by atoms with Gasteiger partial charge in [0.15, 0.2) is 23.2 Å². The molecule has 0 radical (unpaired) electrons. The van der Waals surface area contributed by atoms with E-state index in [1.165, 1.54) is 6.08 Å². The van der Waals surface area contributed by atoms with E-state index in [1.54, 1.807) is 36.4 Å². The molecule has 0 aliphatic heterocycles. The molecule has 1 fully saturated rings. The highest BCUT2D eigenvalue weighted by molar-refractivity contribution is 5.90. The van der Waals surface area contributed by atoms with Crippen molar-refractivity contribution < 1.29 is 36.6 Å². The van der Waals surface area contributed by atoms with Crippen molar-refractivity contribution in [2.24, 2.45) is 0 Å². The predicted molar refractivity (Wildman–Crippen MR) is 135 cm³/mol. The zero-order valence-electron chi connectivity index (χ0n) is 20.9. The quantitative estimate of drug-likeness (QED) is 0.162. The van der Waals surface area contributed by atoms with Gasteiger partial charge in [-0.05, 0) is 73.9 Å². The van der Waals surface area contributed by atoms with E-state index in [4.69, 9.17) is 14.2 Å². The van der Waals surface area contributed by atoms with Crippen LogP contribution in [-0.2, 0) is 4.74 Å². The Labute approximate surface area is 218 Å². The van der Waals surface area contributed by atoms with E-state index >= 15 is 4.39 Å². The summed E-state index contributed by atoms with van der Waals surface area (Å²) in [6.07, 6.45) is 2.48. The summed E-state index contributed by atoms with van der Waals surface area (Å²) in [5, 5.41) is 0. The van der Waals surface area contributed by atoms with Crippen molar-refractivity contribution in [3.8, 4) is 22.6 Å². The number of esters is 1. The minimum atomic E-state index is -1.35. The van der Waals surface area contributed by atoms with Crippen LogP contribution in [0.3, 0.4) is 0 Å². The molecule has 0 N–H and O–H groups in total. The van der Waals surface area contributed by atoms with Crippen LogP contribution in [0.5, 0.6) is 11.5 Å². The molecule has 0 bridgehead atoms. The molecule has 0 unspecified atom stereocenters. The number of rotatable bonds is 9. The topological polar surface area (TPSA) is 44.8 Å². The van der Waals surface area contributed by atoms with Gasteiger partial charge in [-0.2, -0.15) is 4.39 Å². The summed E-state index contributed by atoms with van der Waals surface area (Å²) in [7, 11) is 0. The number of hydrogen-bond acceptors (Lipinski definition) is 4. The SMILES string of the molecule is C=CCOc1ccc(C(=O)OC2CCC(c3ccc(-c4ccc(OCC)cc4)c(F)c3F)CC2)c(F)c1F. The maximum absolute atomic E-state index is 15.1. The molecule has 1 aliphatic rings. The lowest BCUT2D eigenvalue weighted by Crippen LogP contribution is -2.25. The van der Waals surface area contributed by atoms with Crippen molar-refractivity contribution in [3.05, 3.63) is 95.6 Å². The third kappa shape index (κ3) is 5.85. The van der Waals surface area contributed by atoms with Gasteiger partial charge in [-0.15, -0.1) is 0 Å². The van der Waals surface area contributed by atoms with Crippen LogP contribution in [0.2, 0.25) is 0 Å². The Hall–Kier alpha value is -3.81. The van der Waals surface area contributed by atoms with Gasteiger partial charge in [0.25, 0.3) is 0 Å². The highest BCUT2D eigenvalue weighted by Gasteiger charge is 2.30. The maximum Gasteiger partial charge on any atom is 0.341 e. The van der Waals surface area contributed by atoms with Gasteiger partial charge in [-0.25, -0.2) is 18.0 Å². The Morgan fingerprint density at radius 2 is 1.58 bits per heavy atom. The summed E-state index contributed by atoms with van der Waals surface area (Å²) in [4.78, 5) is 12.5. The first-order chi connectivity index (χ1) is 18.3. The second kappa shape index (κ2) is 12.2. The lowest BCUT2D eigenvalue weighted by atomic mass is 9.82. The molecule has 4 nitrogen and oxygen atoms in total. The van der Waals surface area contributed by atoms with Crippen LogP contribution >= 0.6 is 0 Å². The minimum absolute atomic E-state index is 0.0157. The molecule has 3 aromatic rings. The summed E-state index contributed by atoms with van der Waals surface area (Å²) in [6.45, 7) is 5.79. The first-order valence-corrected chi connectivity index (χ1v) is 12.5. The molecule has 0 heterocycles. The first-order valence-electron chi connectivity index (χ1n) is 12.5. The standard InChI is InChI=1S/C30H28F4O4/c1-3-17-37-25-16-15-24(28(33)29(25)34)30(35)38-21-11-7-19(8-12-21)23-14-13-22(26(31)27(23)32)18-5-9-20(10-6-18)36-4-2/h3,5-6,9-10,13-16,19,21H,1,4,7-8,11-12,17H2,2H3. The summed E-state index contributed by atoms with van der Waals surface area (Å²) in [5.74, 6) is -5.38. The number of carbonyl (C=O) groups is 1. The number of hydrogen-bond donors (Lipinski definition) is 0. The fourth-order valence-corrected chi connectivity index (χ4v) is 4.66. The molecule has 0 atom stereocenters. The fourth-order valence-electron chi connectivity index (χ4n) is 4.66. The molecule has 4 rings (SSSR count). The molecule has 1 aliphatic carbocycles. The van der Waals surface area contributed by atoms with Gasteiger partial charge in [-0.3, -0.25) is 0 Å². The number of benzene rings is 3. The zero-order valence-corrected chi connectivity index (χ0v) is 20.9. The third-order valence-corrected chi connectivity index (χ3v) is 6.60. The summed E-state index contributed by atoms with van der Waals surface area (Å²) < 4.78 is 74.5. The van der Waals surface area contributed by atoms with Gasteiger partial charge in [-0.1, -0.05) is 36.9 Å². The van der Waals surface area contributed by atoms with E-state index < -0.39 is 40.9 Å². The van der Waals surface area contributed by atoms with Crippen molar-refractivity contribution >= 4 is 5.97 Å². The van der Waals surface area contributed by atoms with E-state index in [1.807, 2.05) is 6.92 Å². The Morgan fingerprint density at radius 3 is 2.24 bits per heavy atom. The second-order valence-corrected chi connectivity index (χ2v) is 9.01. The van der Waals surface area contributed by atoms with Crippen LogP contribution in [0.1, 0.15) is 54.4 Å². The highest BCUT2D eigenvalue weighted by Crippen LogP contribution is 2.38. The highest BCUT2D eigenvalue weighted by atomic mass is 19.2. The summed E-state index contributed by atoms with van der Waals surface area (Å²) in [6, 6.07) is 12.2. The van der Waals surface area contributed by atoms with Crippen LogP contribution in [-0.4, -0.2) is 25.3 Å². The monoisotopic (exact) mass is 528 g/mol. The van der Waals surface area contributed by atoms with E-state index in [0.29, 0.717) is 43.6 Å². The Bertz CT molecular complexity index is 1300. The molecule has 0 amide bonds. The smallest absolute Gasteiger partial charge is 0.341 e. The van der Waals surface area contributed by atoms with Crippen molar-refractivity contribution in [2.75, 3.05) is 13.2 Å². The molecule has 1 saturated carbocycles. The molecule has 0 aromatic heterocycles. The number of halogens is 4. The molecule has 0 saturated heterocycles.